The van der Waals surface area contributed by atoms with Crippen LogP contribution in [0.15, 0.2) is 18.2 Å². The molecule has 14 heavy (non-hydrogen) atoms. The van der Waals surface area contributed by atoms with E-state index in [1.54, 1.807) is 6.07 Å². The molecule has 0 bridgehead atoms. The van der Waals surface area contributed by atoms with E-state index in [4.69, 9.17) is 17.3 Å². The van der Waals surface area contributed by atoms with Crippen LogP contribution in [0.2, 0.25) is 5.02 Å². The molecule has 1 aromatic rings. The van der Waals surface area contributed by atoms with Gasteiger partial charge in [0.1, 0.15) is 5.82 Å². The summed E-state index contributed by atoms with van der Waals surface area (Å²) in [4.78, 5) is 0. The van der Waals surface area contributed by atoms with Gasteiger partial charge in [-0.1, -0.05) is 18.5 Å². The zero-order valence-corrected chi connectivity index (χ0v) is 9.02. The van der Waals surface area contributed by atoms with Crippen molar-refractivity contribution in [1.29, 1.82) is 0 Å². The fraction of sp³-hybridized carbons (Fsp3) is 0.455. The van der Waals surface area contributed by atoms with Gasteiger partial charge in [-0.15, -0.1) is 0 Å². The molecule has 0 saturated heterocycles. The van der Waals surface area contributed by atoms with Crippen LogP contribution in [0.4, 0.5) is 4.39 Å². The van der Waals surface area contributed by atoms with E-state index in [9.17, 15) is 4.39 Å². The Morgan fingerprint density at radius 1 is 1.50 bits per heavy atom. The Hall–Kier alpha value is -0.600. The van der Waals surface area contributed by atoms with Crippen LogP contribution in [0.5, 0.6) is 0 Å². The molecule has 0 amide bonds. The standard InChI is InChI=1S/C11H15ClFN/c1-8(7-14)2-3-9-6-10(13)4-5-11(9)12/h4-6,8H,2-3,7,14H2,1H3. The van der Waals surface area contributed by atoms with Gasteiger partial charge in [-0.3, -0.25) is 0 Å². The molecule has 0 aromatic heterocycles. The van der Waals surface area contributed by atoms with Crippen molar-refractivity contribution in [2.24, 2.45) is 11.7 Å². The average Bonchev–Trinajstić information content (AvgIpc) is 2.19. The molecule has 0 aliphatic carbocycles. The van der Waals surface area contributed by atoms with E-state index in [-0.39, 0.29) is 5.82 Å². The largest absolute Gasteiger partial charge is 0.330 e. The molecule has 0 aliphatic heterocycles. The van der Waals surface area contributed by atoms with Crippen LogP contribution in [-0.4, -0.2) is 6.54 Å². The highest BCUT2D eigenvalue weighted by atomic mass is 35.5. The summed E-state index contributed by atoms with van der Waals surface area (Å²) in [6, 6.07) is 4.46. The van der Waals surface area contributed by atoms with Crippen molar-refractivity contribution in [3.8, 4) is 0 Å². The van der Waals surface area contributed by atoms with E-state index < -0.39 is 0 Å². The Bertz CT molecular complexity index is 301. The number of nitrogens with two attached hydrogens (primary N) is 1. The predicted molar refractivity (Wildman–Crippen MR) is 57.9 cm³/mol. The lowest BCUT2D eigenvalue weighted by Crippen LogP contribution is -2.11. The monoisotopic (exact) mass is 215 g/mol. The van der Waals surface area contributed by atoms with Crippen molar-refractivity contribution in [2.45, 2.75) is 19.8 Å². The first-order valence-electron chi connectivity index (χ1n) is 4.77. The highest BCUT2D eigenvalue weighted by Gasteiger charge is 2.04. The number of aryl methyl sites for hydroxylation is 1. The maximum atomic E-state index is 12.9. The van der Waals surface area contributed by atoms with Crippen molar-refractivity contribution < 1.29 is 4.39 Å². The molecule has 0 spiro atoms. The minimum Gasteiger partial charge on any atom is -0.330 e. The Labute approximate surface area is 89.1 Å². The third-order valence-corrected chi connectivity index (χ3v) is 2.69. The van der Waals surface area contributed by atoms with Gasteiger partial charge in [0.25, 0.3) is 0 Å². The first-order chi connectivity index (χ1) is 6.63. The molecule has 1 nitrogen and oxygen atoms in total. The Morgan fingerprint density at radius 2 is 2.21 bits per heavy atom. The second-order valence-corrected chi connectivity index (χ2v) is 4.02. The molecule has 1 atom stereocenters. The van der Waals surface area contributed by atoms with Gasteiger partial charge < -0.3 is 5.73 Å². The molecule has 0 heterocycles. The van der Waals surface area contributed by atoms with Crippen LogP contribution in [0, 0.1) is 11.7 Å². The second-order valence-electron chi connectivity index (χ2n) is 3.62. The molecule has 1 rings (SSSR count). The fourth-order valence-corrected chi connectivity index (χ4v) is 1.47. The molecular formula is C11H15ClFN. The molecule has 78 valence electrons. The Kier molecular flexibility index (Phi) is 4.36. The van der Waals surface area contributed by atoms with E-state index in [1.165, 1.54) is 12.1 Å². The number of halogens is 2. The molecule has 0 fully saturated rings. The lowest BCUT2D eigenvalue weighted by Gasteiger charge is -2.09. The highest BCUT2D eigenvalue weighted by Crippen LogP contribution is 2.19. The maximum absolute atomic E-state index is 12.9. The van der Waals surface area contributed by atoms with E-state index in [2.05, 4.69) is 6.92 Å². The summed E-state index contributed by atoms with van der Waals surface area (Å²) in [5.74, 6) is 0.221. The smallest absolute Gasteiger partial charge is 0.123 e. The van der Waals surface area contributed by atoms with Gasteiger partial charge >= 0.3 is 0 Å². The molecule has 2 N–H and O–H groups in total. The van der Waals surface area contributed by atoms with Crippen LogP contribution in [0.1, 0.15) is 18.9 Å². The second kappa shape index (κ2) is 5.32. The molecular weight excluding hydrogens is 201 g/mol. The van der Waals surface area contributed by atoms with E-state index >= 15 is 0 Å². The highest BCUT2D eigenvalue weighted by molar-refractivity contribution is 6.31. The third kappa shape index (κ3) is 3.28. The normalized spacial score (nSPS) is 12.9. The van der Waals surface area contributed by atoms with Crippen LogP contribution < -0.4 is 5.73 Å². The summed E-state index contributed by atoms with van der Waals surface area (Å²) >= 11 is 5.92. The van der Waals surface area contributed by atoms with E-state index in [0.717, 1.165) is 18.4 Å². The van der Waals surface area contributed by atoms with Gasteiger partial charge in [0, 0.05) is 5.02 Å². The number of benzene rings is 1. The zero-order chi connectivity index (χ0) is 10.6. The number of hydrogen-bond donors (Lipinski definition) is 1. The van der Waals surface area contributed by atoms with Crippen LogP contribution in [-0.2, 0) is 6.42 Å². The van der Waals surface area contributed by atoms with Crippen molar-refractivity contribution in [3.63, 3.8) is 0 Å². The predicted octanol–water partition coefficient (Wildman–Crippen LogP) is 3.01. The number of rotatable bonds is 4. The summed E-state index contributed by atoms with van der Waals surface area (Å²) < 4.78 is 12.9. The van der Waals surface area contributed by atoms with Crippen LogP contribution in [0.3, 0.4) is 0 Å². The first kappa shape index (κ1) is 11.5. The summed E-state index contributed by atoms with van der Waals surface area (Å²) in [5.41, 5.74) is 6.36. The van der Waals surface area contributed by atoms with E-state index in [0.29, 0.717) is 17.5 Å². The van der Waals surface area contributed by atoms with Crippen molar-refractivity contribution in [1.82, 2.24) is 0 Å². The van der Waals surface area contributed by atoms with Gasteiger partial charge in [-0.2, -0.15) is 0 Å². The Balaban J connectivity index is 2.62. The van der Waals surface area contributed by atoms with Crippen molar-refractivity contribution in [2.75, 3.05) is 6.54 Å². The van der Waals surface area contributed by atoms with Gasteiger partial charge in [0.05, 0.1) is 0 Å². The summed E-state index contributed by atoms with van der Waals surface area (Å²) in [6.45, 7) is 2.74. The quantitative estimate of drug-likeness (QED) is 0.821. The third-order valence-electron chi connectivity index (χ3n) is 2.32. The molecule has 1 unspecified atom stereocenters. The lowest BCUT2D eigenvalue weighted by molar-refractivity contribution is 0.542. The lowest BCUT2D eigenvalue weighted by atomic mass is 10.0. The number of hydrogen-bond acceptors (Lipinski definition) is 1. The minimum atomic E-state index is -0.232. The van der Waals surface area contributed by atoms with E-state index in [1.807, 2.05) is 0 Å². The van der Waals surface area contributed by atoms with Crippen molar-refractivity contribution in [3.05, 3.63) is 34.6 Å². The van der Waals surface area contributed by atoms with Crippen LogP contribution >= 0.6 is 11.6 Å². The zero-order valence-electron chi connectivity index (χ0n) is 8.26. The van der Waals surface area contributed by atoms with Crippen molar-refractivity contribution >= 4 is 11.6 Å². The molecule has 3 heteroatoms. The van der Waals surface area contributed by atoms with Gasteiger partial charge in [0.15, 0.2) is 0 Å². The molecule has 0 radical (unpaired) electrons. The maximum Gasteiger partial charge on any atom is 0.123 e. The first-order valence-corrected chi connectivity index (χ1v) is 5.15. The average molecular weight is 216 g/mol. The van der Waals surface area contributed by atoms with Gasteiger partial charge in [-0.05, 0) is 49.1 Å². The topological polar surface area (TPSA) is 26.0 Å². The summed E-state index contributed by atoms with van der Waals surface area (Å²) in [5, 5.41) is 0.635. The van der Waals surface area contributed by atoms with Crippen LogP contribution in [0.25, 0.3) is 0 Å². The molecule has 0 aliphatic rings. The fourth-order valence-electron chi connectivity index (χ4n) is 1.25. The Morgan fingerprint density at radius 3 is 2.86 bits per heavy atom. The molecule has 1 aromatic carbocycles. The summed E-state index contributed by atoms with van der Waals surface area (Å²) in [6.07, 6.45) is 1.73. The molecule has 0 saturated carbocycles. The summed E-state index contributed by atoms with van der Waals surface area (Å²) in [7, 11) is 0. The van der Waals surface area contributed by atoms with Gasteiger partial charge in [-0.25, -0.2) is 4.39 Å². The minimum absolute atomic E-state index is 0.232. The SMILES string of the molecule is CC(CN)CCc1cc(F)ccc1Cl. The van der Waals surface area contributed by atoms with Gasteiger partial charge in [0.2, 0.25) is 0 Å².